The first-order valence-electron chi connectivity index (χ1n) is 8.22. The summed E-state index contributed by atoms with van der Waals surface area (Å²) in [7, 11) is -3.71. The van der Waals surface area contributed by atoms with Crippen molar-refractivity contribution in [2.45, 2.75) is 35.4 Å². The highest BCUT2D eigenvalue weighted by molar-refractivity contribution is 7.91. The van der Waals surface area contributed by atoms with E-state index >= 15 is 0 Å². The van der Waals surface area contributed by atoms with Crippen molar-refractivity contribution in [2.75, 3.05) is 0 Å². The van der Waals surface area contributed by atoms with E-state index in [-0.39, 0.29) is 21.4 Å². The first kappa shape index (κ1) is 18.3. The summed E-state index contributed by atoms with van der Waals surface area (Å²) in [5, 5.41) is 3.29. The van der Waals surface area contributed by atoms with Crippen LogP contribution in [0.25, 0.3) is 10.6 Å². The molecule has 9 heteroatoms. The largest absolute Gasteiger partial charge is 0.355 e. The van der Waals surface area contributed by atoms with E-state index in [0.29, 0.717) is 11.3 Å². The molecule has 5 nitrogen and oxygen atoms in total. The standard InChI is InChI=1S/C18H16F2N2O3S2/c1-18(11-5-3-2-4-6-11)10-15(18)22-27(23,24)16-8-7-14(26-16)13-9-12(17(19)20)21-25-13/h2-9,15,17,22H,10H2,1H3/t15-,18+/m0/s1. The second-order valence-electron chi connectivity index (χ2n) is 6.70. The normalized spacial score (nSPS) is 22.3. The van der Waals surface area contributed by atoms with Gasteiger partial charge in [0, 0.05) is 17.5 Å². The van der Waals surface area contributed by atoms with Gasteiger partial charge in [-0.3, -0.25) is 0 Å². The van der Waals surface area contributed by atoms with Gasteiger partial charge in [0.15, 0.2) is 5.76 Å². The zero-order valence-corrected chi connectivity index (χ0v) is 15.9. The van der Waals surface area contributed by atoms with Crippen LogP contribution in [0.15, 0.2) is 57.3 Å². The van der Waals surface area contributed by atoms with Crippen LogP contribution in [0.3, 0.4) is 0 Å². The van der Waals surface area contributed by atoms with Gasteiger partial charge < -0.3 is 4.52 Å². The van der Waals surface area contributed by atoms with E-state index in [1.54, 1.807) is 0 Å². The lowest BCUT2D eigenvalue weighted by molar-refractivity contribution is 0.140. The summed E-state index contributed by atoms with van der Waals surface area (Å²) in [6, 6.07) is 13.7. The molecule has 1 fully saturated rings. The summed E-state index contributed by atoms with van der Waals surface area (Å²) in [4.78, 5) is 0.427. The van der Waals surface area contributed by atoms with Gasteiger partial charge >= 0.3 is 0 Å². The Hall–Kier alpha value is -2.10. The third-order valence-electron chi connectivity index (χ3n) is 4.81. The SMILES string of the molecule is C[C@]1(c2ccccc2)C[C@@H]1NS(=O)(=O)c1ccc(-c2cc(C(F)F)no2)s1. The van der Waals surface area contributed by atoms with E-state index in [4.69, 9.17) is 4.52 Å². The third kappa shape index (κ3) is 3.42. The number of thiophene rings is 1. The lowest BCUT2D eigenvalue weighted by Gasteiger charge is -2.12. The molecule has 0 spiro atoms. The van der Waals surface area contributed by atoms with E-state index in [1.807, 2.05) is 37.3 Å². The van der Waals surface area contributed by atoms with Crippen molar-refractivity contribution < 1.29 is 21.7 Å². The topological polar surface area (TPSA) is 72.2 Å². The fourth-order valence-electron chi connectivity index (χ4n) is 3.02. The number of rotatable bonds is 6. The molecule has 3 aromatic rings. The zero-order chi connectivity index (χ0) is 19.2. The molecule has 2 heterocycles. The average Bonchev–Trinajstić information content (AvgIpc) is 3.08. The van der Waals surface area contributed by atoms with E-state index in [2.05, 4.69) is 9.88 Å². The van der Waals surface area contributed by atoms with Gasteiger partial charge in [-0.15, -0.1) is 11.3 Å². The van der Waals surface area contributed by atoms with Crippen LogP contribution in [0.1, 0.15) is 31.0 Å². The van der Waals surface area contributed by atoms with E-state index in [0.717, 1.165) is 23.0 Å². The Morgan fingerprint density at radius 3 is 2.67 bits per heavy atom. The van der Waals surface area contributed by atoms with E-state index in [1.165, 1.54) is 12.1 Å². The summed E-state index contributed by atoms with van der Waals surface area (Å²) in [6.07, 6.45) is -2.02. The number of alkyl halides is 2. The Kier molecular flexibility index (Phi) is 4.40. The molecule has 1 saturated carbocycles. The quantitative estimate of drug-likeness (QED) is 0.656. The Labute approximate surface area is 159 Å². The van der Waals surface area contributed by atoms with Crippen molar-refractivity contribution in [3.63, 3.8) is 0 Å². The first-order valence-corrected chi connectivity index (χ1v) is 10.5. The summed E-state index contributed by atoms with van der Waals surface area (Å²) in [5.74, 6) is 0.122. The van der Waals surface area contributed by atoms with E-state index < -0.39 is 22.1 Å². The van der Waals surface area contributed by atoms with Crippen molar-refractivity contribution in [1.29, 1.82) is 0 Å². The van der Waals surface area contributed by atoms with Crippen LogP contribution >= 0.6 is 11.3 Å². The fraction of sp³-hybridized carbons (Fsp3) is 0.278. The molecule has 0 amide bonds. The number of aromatic nitrogens is 1. The van der Waals surface area contributed by atoms with Crippen LogP contribution in [0.5, 0.6) is 0 Å². The molecule has 0 aliphatic heterocycles. The van der Waals surface area contributed by atoms with Gasteiger partial charge in [0.25, 0.3) is 6.43 Å². The first-order chi connectivity index (χ1) is 12.8. The number of nitrogens with one attached hydrogen (secondary N) is 1. The molecule has 142 valence electrons. The predicted octanol–water partition coefficient (Wildman–Crippen LogP) is 4.35. The molecule has 27 heavy (non-hydrogen) atoms. The number of hydrogen-bond donors (Lipinski definition) is 1. The van der Waals surface area contributed by atoms with Crippen molar-refractivity contribution in [3.8, 4) is 10.6 Å². The molecule has 0 radical (unpaired) electrons. The molecule has 2 atom stereocenters. The monoisotopic (exact) mass is 410 g/mol. The zero-order valence-electron chi connectivity index (χ0n) is 14.2. The third-order valence-corrected chi connectivity index (χ3v) is 7.87. The minimum Gasteiger partial charge on any atom is -0.355 e. The molecule has 0 bridgehead atoms. The Morgan fingerprint density at radius 2 is 2.00 bits per heavy atom. The van der Waals surface area contributed by atoms with Crippen LogP contribution in [-0.2, 0) is 15.4 Å². The van der Waals surface area contributed by atoms with Crippen molar-refractivity contribution >= 4 is 21.4 Å². The molecule has 0 unspecified atom stereocenters. The van der Waals surface area contributed by atoms with E-state index in [9.17, 15) is 17.2 Å². The molecular weight excluding hydrogens is 394 g/mol. The maximum Gasteiger partial charge on any atom is 0.283 e. The second-order valence-corrected chi connectivity index (χ2v) is 9.72. The molecule has 1 aliphatic carbocycles. The van der Waals surface area contributed by atoms with Crippen LogP contribution in [0, 0.1) is 0 Å². The van der Waals surface area contributed by atoms with Gasteiger partial charge in [-0.2, -0.15) is 0 Å². The maximum absolute atomic E-state index is 12.7. The number of nitrogens with zero attached hydrogens (tertiary/aromatic N) is 1. The Morgan fingerprint density at radius 1 is 1.26 bits per heavy atom. The maximum atomic E-state index is 12.7. The number of sulfonamides is 1. The lowest BCUT2D eigenvalue weighted by atomic mass is 9.98. The van der Waals surface area contributed by atoms with Gasteiger partial charge in [-0.05, 0) is 24.1 Å². The molecule has 2 aromatic heterocycles. The average molecular weight is 410 g/mol. The van der Waals surface area contributed by atoms with Crippen LogP contribution in [0.2, 0.25) is 0 Å². The second kappa shape index (κ2) is 6.50. The minimum absolute atomic E-state index is 0.106. The highest BCUT2D eigenvalue weighted by Crippen LogP contribution is 2.48. The fourth-order valence-corrected chi connectivity index (χ4v) is 5.64. The van der Waals surface area contributed by atoms with Gasteiger partial charge in [0.2, 0.25) is 10.0 Å². The molecule has 1 N–H and O–H groups in total. The number of halogens is 2. The van der Waals surface area contributed by atoms with Crippen molar-refractivity contribution in [2.24, 2.45) is 0 Å². The van der Waals surface area contributed by atoms with Crippen LogP contribution in [0.4, 0.5) is 8.78 Å². The molecule has 1 aliphatic rings. The molecule has 4 rings (SSSR count). The lowest BCUT2D eigenvalue weighted by Crippen LogP contribution is -2.29. The summed E-state index contributed by atoms with van der Waals surface area (Å²) >= 11 is 0.955. The van der Waals surface area contributed by atoms with Crippen LogP contribution in [-0.4, -0.2) is 19.6 Å². The number of hydrogen-bond acceptors (Lipinski definition) is 5. The predicted molar refractivity (Wildman–Crippen MR) is 97.3 cm³/mol. The van der Waals surface area contributed by atoms with Crippen molar-refractivity contribution in [3.05, 3.63) is 59.8 Å². The highest BCUT2D eigenvalue weighted by Gasteiger charge is 2.53. The summed E-state index contributed by atoms with van der Waals surface area (Å²) in [5.41, 5.74) is 0.384. The Bertz CT molecular complexity index is 1060. The van der Waals surface area contributed by atoms with Crippen molar-refractivity contribution in [1.82, 2.24) is 9.88 Å². The molecule has 1 aromatic carbocycles. The minimum atomic E-state index is -3.71. The van der Waals surface area contributed by atoms with Gasteiger partial charge in [-0.1, -0.05) is 42.4 Å². The molecular formula is C18H16F2N2O3S2. The van der Waals surface area contributed by atoms with Gasteiger partial charge in [-0.25, -0.2) is 21.9 Å². The van der Waals surface area contributed by atoms with Crippen LogP contribution < -0.4 is 4.72 Å². The smallest absolute Gasteiger partial charge is 0.283 e. The highest BCUT2D eigenvalue weighted by atomic mass is 32.2. The Balaban J connectivity index is 1.51. The summed E-state index contributed by atoms with van der Waals surface area (Å²) < 4.78 is 58.4. The summed E-state index contributed by atoms with van der Waals surface area (Å²) in [6.45, 7) is 2.02. The number of benzene rings is 1. The molecule has 0 saturated heterocycles. The van der Waals surface area contributed by atoms with Gasteiger partial charge in [0.05, 0.1) is 4.88 Å². The van der Waals surface area contributed by atoms with Gasteiger partial charge in [0.1, 0.15) is 9.90 Å².